The zero-order valence-electron chi connectivity index (χ0n) is 24.3. The molecule has 0 unspecified atom stereocenters. The molecule has 4 aromatic carbocycles. The highest BCUT2D eigenvalue weighted by atomic mass is 19.2. The van der Waals surface area contributed by atoms with Gasteiger partial charge in [-0.25, -0.2) is 0 Å². The summed E-state index contributed by atoms with van der Waals surface area (Å²) in [5, 5.41) is 0. The van der Waals surface area contributed by atoms with Gasteiger partial charge in [0.1, 0.15) is 5.71 Å². The van der Waals surface area contributed by atoms with Crippen molar-refractivity contribution < 1.29 is 13.1 Å². The fourth-order valence-corrected chi connectivity index (χ4v) is 6.47. The summed E-state index contributed by atoms with van der Waals surface area (Å²) >= 11 is 0. The van der Waals surface area contributed by atoms with Crippen LogP contribution in [0.2, 0.25) is 0 Å². The van der Waals surface area contributed by atoms with Gasteiger partial charge in [0, 0.05) is 41.3 Å². The Morgan fingerprint density at radius 3 is 1.70 bits per heavy atom. The molecule has 0 N–H and O–H groups in total. The van der Waals surface area contributed by atoms with Gasteiger partial charge >= 0.3 is 6.97 Å². The van der Waals surface area contributed by atoms with Crippen molar-refractivity contribution in [3.8, 4) is 11.1 Å². The van der Waals surface area contributed by atoms with Crippen molar-refractivity contribution in [2.24, 2.45) is 0 Å². The SMILES string of the molecule is CCC1=[N+]2C(=C(c3ccc(-c4ccc(N(c5ccccc5)c5ccccc5)cc4)cc3)c3ccc(CC)n3[B-]2(F)F)C=C1. The molecule has 0 radical (unpaired) electrons. The smallest absolute Gasteiger partial charge is 0.393 e. The van der Waals surface area contributed by atoms with Crippen molar-refractivity contribution in [3.63, 3.8) is 0 Å². The van der Waals surface area contributed by atoms with Crippen LogP contribution in [0, 0.1) is 0 Å². The van der Waals surface area contributed by atoms with Gasteiger partial charge < -0.3 is 22.5 Å². The minimum absolute atomic E-state index is 0.545. The van der Waals surface area contributed by atoms with Crippen LogP contribution in [-0.4, -0.2) is 21.6 Å². The summed E-state index contributed by atoms with van der Waals surface area (Å²) in [7, 11) is 0. The van der Waals surface area contributed by atoms with Crippen LogP contribution < -0.4 is 4.90 Å². The van der Waals surface area contributed by atoms with Crippen LogP contribution >= 0.6 is 0 Å². The van der Waals surface area contributed by atoms with Gasteiger partial charge in [-0.05, 0) is 77.3 Å². The summed E-state index contributed by atoms with van der Waals surface area (Å²) in [5.41, 5.74) is 9.64. The Hall–Kier alpha value is -4.97. The van der Waals surface area contributed by atoms with E-state index in [-0.39, 0.29) is 0 Å². The highest BCUT2D eigenvalue weighted by molar-refractivity contribution is 6.58. The Morgan fingerprint density at radius 2 is 1.14 bits per heavy atom. The molecule has 1 aromatic heterocycles. The van der Waals surface area contributed by atoms with Crippen LogP contribution in [0.1, 0.15) is 37.2 Å². The quantitative estimate of drug-likeness (QED) is 0.178. The molecule has 2 aliphatic heterocycles. The zero-order chi connectivity index (χ0) is 29.6. The van der Waals surface area contributed by atoms with Crippen molar-refractivity contribution in [2.75, 3.05) is 4.90 Å². The summed E-state index contributed by atoms with van der Waals surface area (Å²) < 4.78 is 34.6. The van der Waals surface area contributed by atoms with Gasteiger partial charge in [0.2, 0.25) is 0 Å². The number of aryl methyl sites for hydroxylation is 1. The molecule has 3 heterocycles. The van der Waals surface area contributed by atoms with Gasteiger partial charge in [0.25, 0.3) is 0 Å². The molecule has 212 valence electrons. The lowest BCUT2D eigenvalue weighted by Gasteiger charge is -2.33. The third kappa shape index (κ3) is 4.45. The fraction of sp³-hybridized carbons (Fsp3) is 0.108. The van der Waals surface area contributed by atoms with E-state index in [4.69, 9.17) is 0 Å². The Morgan fingerprint density at radius 1 is 0.605 bits per heavy atom. The summed E-state index contributed by atoms with van der Waals surface area (Å²) in [6.07, 6.45) is 4.78. The first-order valence-corrected chi connectivity index (χ1v) is 14.9. The minimum Gasteiger partial charge on any atom is -0.393 e. The molecule has 0 saturated heterocycles. The molecule has 7 rings (SSSR count). The van der Waals surface area contributed by atoms with Crippen LogP contribution in [-0.2, 0) is 6.42 Å². The largest absolute Gasteiger partial charge is 0.737 e. The molecule has 0 fully saturated rings. The maximum absolute atomic E-state index is 16.0. The van der Waals surface area contributed by atoms with E-state index in [1.807, 2.05) is 74.5 Å². The van der Waals surface area contributed by atoms with Crippen LogP contribution in [0.15, 0.2) is 139 Å². The monoisotopic (exact) mass is 567 g/mol. The Balaban J connectivity index is 1.25. The molecule has 43 heavy (non-hydrogen) atoms. The molecule has 5 aromatic rings. The number of nitrogens with zero attached hydrogens (tertiary/aromatic N) is 3. The third-order valence-corrected chi connectivity index (χ3v) is 8.52. The van der Waals surface area contributed by atoms with Crippen molar-refractivity contribution in [1.82, 2.24) is 4.48 Å². The first-order chi connectivity index (χ1) is 21.0. The molecule has 0 bridgehead atoms. The maximum atomic E-state index is 16.0. The first kappa shape index (κ1) is 26.9. The average molecular weight is 567 g/mol. The number of allylic oxidation sites excluding steroid dienone is 2. The lowest BCUT2D eigenvalue weighted by molar-refractivity contribution is -0.362. The van der Waals surface area contributed by atoms with E-state index >= 15 is 8.63 Å². The topological polar surface area (TPSA) is 11.2 Å². The van der Waals surface area contributed by atoms with Gasteiger partial charge in [-0.2, -0.15) is 0 Å². The number of fused-ring (bicyclic) bond motifs is 2. The second-order valence-corrected chi connectivity index (χ2v) is 11.0. The molecule has 0 aliphatic carbocycles. The number of benzene rings is 4. The van der Waals surface area contributed by atoms with Crippen molar-refractivity contribution in [3.05, 3.63) is 156 Å². The molecule has 2 aliphatic rings. The van der Waals surface area contributed by atoms with Gasteiger partial charge in [-0.3, -0.25) is 0 Å². The molecule has 3 nitrogen and oxygen atoms in total. The van der Waals surface area contributed by atoms with E-state index in [2.05, 4.69) is 77.7 Å². The summed E-state index contributed by atoms with van der Waals surface area (Å²) in [4.78, 5) is 2.24. The molecule has 6 heteroatoms. The Labute approximate surface area is 251 Å². The van der Waals surface area contributed by atoms with Crippen molar-refractivity contribution in [1.29, 1.82) is 0 Å². The molecule has 0 spiro atoms. The molecular weight excluding hydrogens is 535 g/mol. The van der Waals surface area contributed by atoms with Crippen LogP contribution in [0.3, 0.4) is 0 Å². The Bertz CT molecular complexity index is 1850. The second kappa shape index (κ2) is 10.7. The van der Waals surface area contributed by atoms with Gasteiger partial charge in [-0.1, -0.05) is 86.6 Å². The number of aromatic nitrogens is 1. The maximum Gasteiger partial charge on any atom is 0.737 e. The molecular formula is C37H32BF2N3. The van der Waals surface area contributed by atoms with Crippen LogP contribution in [0.4, 0.5) is 25.7 Å². The van der Waals surface area contributed by atoms with E-state index in [0.717, 1.165) is 39.3 Å². The van der Waals surface area contributed by atoms with Gasteiger partial charge in [0.05, 0.1) is 5.57 Å². The Kier molecular flexibility index (Phi) is 6.70. The van der Waals surface area contributed by atoms with E-state index in [0.29, 0.717) is 35.6 Å². The predicted molar refractivity (Wildman–Crippen MR) is 174 cm³/mol. The standard InChI is InChI=1S/C37H32BF2N3/c1-3-30-23-25-35-37(36-26-24-31(4-2)43(36)38(39,40)42(30)35)29-17-15-27(16-18-29)28-19-21-34(22-20-28)41(32-11-7-5-8-12-32)33-13-9-6-10-14-33/h5-26H,3-4H2,1-2H3. The lowest BCUT2D eigenvalue weighted by atomic mass is 9.85. The van der Waals surface area contributed by atoms with Crippen molar-refractivity contribution in [2.45, 2.75) is 26.7 Å². The normalized spacial score (nSPS) is 15.1. The first-order valence-electron chi connectivity index (χ1n) is 14.9. The number of hydrogen-bond acceptors (Lipinski definition) is 1. The zero-order valence-corrected chi connectivity index (χ0v) is 24.3. The summed E-state index contributed by atoms with van der Waals surface area (Å²) in [6, 6.07) is 41.2. The van der Waals surface area contributed by atoms with Gasteiger partial charge in [0.15, 0.2) is 5.70 Å². The van der Waals surface area contributed by atoms with Gasteiger partial charge in [-0.15, -0.1) is 0 Å². The number of halogens is 2. The van der Waals surface area contributed by atoms with E-state index in [1.165, 1.54) is 8.96 Å². The predicted octanol–water partition coefficient (Wildman–Crippen LogP) is 9.62. The molecule has 0 amide bonds. The number of anilines is 3. The average Bonchev–Trinajstić information content (AvgIpc) is 3.69. The number of hydrogen-bond donors (Lipinski definition) is 0. The van der Waals surface area contributed by atoms with E-state index in [9.17, 15) is 0 Å². The lowest BCUT2D eigenvalue weighted by Crippen LogP contribution is -2.51. The fourth-order valence-electron chi connectivity index (χ4n) is 6.47. The molecule has 0 saturated carbocycles. The van der Waals surface area contributed by atoms with Crippen LogP contribution in [0.25, 0.3) is 16.7 Å². The van der Waals surface area contributed by atoms with E-state index in [1.54, 1.807) is 0 Å². The highest BCUT2D eigenvalue weighted by Gasteiger charge is 2.54. The van der Waals surface area contributed by atoms with E-state index < -0.39 is 6.97 Å². The third-order valence-electron chi connectivity index (χ3n) is 8.52. The highest BCUT2D eigenvalue weighted by Crippen LogP contribution is 2.41. The second-order valence-electron chi connectivity index (χ2n) is 11.0. The van der Waals surface area contributed by atoms with Crippen molar-refractivity contribution >= 4 is 35.3 Å². The number of para-hydroxylation sites is 2. The summed E-state index contributed by atoms with van der Waals surface area (Å²) in [6.45, 7) is -0.107. The number of rotatable bonds is 7. The van der Waals surface area contributed by atoms with Crippen LogP contribution in [0.5, 0.6) is 0 Å². The molecule has 0 atom stereocenters. The summed E-state index contributed by atoms with van der Waals surface area (Å²) in [5.74, 6) is 0. The minimum atomic E-state index is -3.97.